The summed E-state index contributed by atoms with van der Waals surface area (Å²) in [4.78, 5) is 10.1. The van der Waals surface area contributed by atoms with Crippen LogP contribution in [0.4, 0.5) is 11.4 Å². The maximum Gasteiger partial charge on any atom is 0.271 e. The molecule has 0 saturated heterocycles. The molecule has 0 atom stereocenters. The summed E-state index contributed by atoms with van der Waals surface area (Å²) < 4.78 is 0. The maximum absolute atomic E-state index is 10.6. The molecule has 5 nitrogen and oxygen atoms in total. The highest BCUT2D eigenvalue weighted by Crippen LogP contribution is 2.16. The minimum atomic E-state index is -0.449. The first-order valence-corrected chi connectivity index (χ1v) is 5.33. The largest absolute Gasteiger partial charge is 0.359 e. The van der Waals surface area contributed by atoms with Gasteiger partial charge in [0.15, 0.2) is 5.11 Å². The second kappa shape index (κ2) is 5.95. The van der Waals surface area contributed by atoms with Crippen LogP contribution in [0.5, 0.6) is 0 Å². The molecule has 0 unspecified atom stereocenters. The average molecular weight is 251 g/mol. The molecule has 17 heavy (non-hydrogen) atoms. The van der Waals surface area contributed by atoms with Gasteiger partial charge in [0.2, 0.25) is 0 Å². The number of benzene rings is 1. The van der Waals surface area contributed by atoms with Gasteiger partial charge < -0.3 is 10.6 Å². The van der Waals surface area contributed by atoms with Gasteiger partial charge in [-0.3, -0.25) is 10.1 Å². The highest BCUT2D eigenvalue weighted by Gasteiger charge is 2.06. The molecule has 1 rings (SSSR count). The number of nitro groups is 1. The van der Waals surface area contributed by atoms with Gasteiger partial charge >= 0.3 is 0 Å². The zero-order chi connectivity index (χ0) is 12.8. The van der Waals surface area contributed by atoms with E-state index in [2.05, 4.69) is 17.2 Å². The fourth-order valence-electron chi connectivity index (χ4n) is 1.10. The molecule has 0 radical (unpaired) electrons. The summed E-state index contributed by atoms with van der Waals surface area (Å²) in [6.07, 6.45) is 0. The number of nitrogens with zero attached hydrogens (tertiary/aromatic N) is 1. The quantitative estimate of drug-likeness (QED) is 0.372. The van der Waals surface area contributed by atoms with E-state index in [0.29, 0.717) is 17.3 Å². The minimum Gasteiger partial charge on any atom is -0.359 e. The number of thiocarbonyl (C=S) groups is 1. The van der Waals surface area contributed by atoms with E-state index in [1.54, 1.807) is 12.1 Å². The van der Waals surface area contributed by atoms with Crippen molar-refractivity contribution in [2.45, 2.75) is 6.92 Å². The van der Waals surface area contributed by atoms with Gasteiger partial charge in [0.05, 0.1) is 4.92 Å². The predicted octanol–water partition coefficient (Wildman–Crippen LogP) is 2.46. The molecule has 0 aliphatic heterocycles. The van der Waals surface area contributed by atoms with E-state index in [4.69, 9.17) is 12.2 Å². The fraction of sp³-hybridized carbons (Fsp3) is 0.182. The second-order valence-corrected chi connectivity index (χ2v) is 3.98. The monoisotopic (exact) mass is 251 g/mol. The van der Waals surface area contributed by atoms with E-state index in [1.165, 1.54) is 12.1 Å². The van der Waals surface area contributed by atoms with E-state index < -0.39 is 4.92 Å². The molecule has 0 bridgehead atoms. The van der Waals surface area contributed by atoms with Crippen LogP contribution < -0.4 is 10.6 Å². The van der Waals surface area contributed by atoms with Gasteiger partial charge in [-0.25, -0.2) is 0 Å². The van der Waals surface area contributed by atoms with Crippen LogP contribution in [0.3, 0.4) is 0 Å². The van der Waals surface area contributed by atoms with E-state index in [0.717, 1.165) is 5.57 Å². The zero-order valence-electron chi connectivity index (χ0n) is 9.40. The van der Waals surface area contributed by atoms with Crippen molar-refractivity contribution in [1.82, 2.24) is 5.32 Å². The van der Waals surface area contributed by atoms with E-state index in [9.17, 15) is 10.1 Å². The van der Waals surface area contributed by atoms with Gasteiger partial charge in [0.25, 0.3) is 5.69 Å². The Morgan fingerprint density at radius 3 is 2.88 bits per heavy atom. The smallest absolute Gasteiger partial charge is 0.271 e. The Balaban J connectivity index is 2.62. The molecule has 90 valence electrons. The third-order valence-corrected chi connectivity index (χ3v) is 2.11. The third-order valence-electron chi connectivity index (χ3n) is 1.87. The Morgan fingerprint density at radius 2 is 2.29 bits per heavy atom. The highest BCUT2D eigenvalue weighted by molar-refractivity contribution is 7.80. The molecular formula is C11H13N3O2S. The van der Waals surface area contributed by atoms with Crippen LogP contribution in [0.25, 0.3) is 0 Å². The van der Waals surface area contributed by atoms with Crippen LogP contribution in [0, 0.1) is 10.1 Å². The van der Waals surface area contributed by atoms with Crippen LogP contribution >= 0.6 is 12.2 Å². The predicted molar refractivity (Wildman–Crippen MR) is 72.1 cm³/mol. The summed E-state index contributed by atoms with van der Waals surface area (Å²) in [5, 5.41) is 16.8. The van der Waals surface area contributed by atoms with Crippen LogP contribution in [0.2, 0.25) is 0 Å². The van der Waals surface area contributed by atoms with Crippen molar-refractivity contribution in [3.63, 3.8) is 0 Å². The van der Waals surface area contributed by atoms with Gasteiger partial charge in [-0.1, -0.05) is 18.2 Å². The Kier molecular flexibility index (Phi) is 4.59. The first-order valence-electron chi connectivity index (χ1n) is 4.92. The molecule has 0 fully saturated rings. The molecular weight excluding hydrogens is 238 g/mol. The lowest BCUT2D eigenvalue weighted by Gasteiger charge is -2.09. The lowest BCUT2D eigenvalue weighted by Crippen LogP contribution is -2.29. The number of nitro benzene ring substituents is 1. The molecule has 0 aliphatic carbocycles. The molecule has 6 heteroatoms. The molecule has 0 aromatic heterocycles. The van der Waals surface area contributed by atoms with Crippen molar-refractivity contribution in [1.29, 1.82) is 0 Å². The van der Waals surface area contributed by atoms with E-state index in [-0.39, 0.29) is 5.69 Å². The van der Waals surface area contributed by atoms with Gasteiger partial charge in [0.1, 0.15) is 0 Å². The van der Waals surface area contributed by atoms with Crippen molar-refractivity contribution in [3.05, 3.63) is 46.5 Å². The number of non-ortho nitro benzene ring substituents is 1. The number of hydrogen-bond acceptors (Lipinski definition) is 3. The SMILES string of the molecule is C=C(C)CNC(=S)Nc1cccc([N+](=O)[O-])c1. The topological polar surface area (TPSA) is 67.2 Å². The summed E-state index contributed by atoms with van der Waals surface area (Å²) in [7, 11) is 0. The summed E-state index contributed by atoms with van der Waals surface area (Å²) in [6, 6.07) is 6.16. The van der Waals surface area contributed by atoms with Gasteiger partial charge in [-0.2, -0.15) is 0 Å². The fourth-order valence-corrected chi connectivity index (χ4v) is 1.29. The van der Waals surface area contributed by atoms with Crippen molar-refractivity contribution in [2.75, 3.05) is 11.9 Å². The number of rotatable bonds is 4. The lowest BCUT2D eigenvalue weighted by atomic mass is 10.3. The molecule has 1 aromatic rings. The van der Waals surface area contributed by atoms with E-state index in [1.807, 2.05) is 6.92 Å². The molecule has 0 amide bonds. The van der Waals surface area contributed by atoms with Gasteiger partial charge in [0, 0.05) is 24.4 Å². The molecule has 0 aliphatic rings. The van der Waals surface area contributed by atoms with Crippen LogP contribution in [0.15, 0.2) is 36.4 Å². The third kappa shape index (κ3) is 4.60. The summed E-state index contributed by atoms with van der Waals surface area (Å²) >= 11 is 5.03. The highest BCUT2D eigenvalue weighted by atomic mass is 32.1. The molecule has 2 N–H and O–H groups in total. The Morgan fingerprint density at radius 1 is 1.59 bits per heavy atom. The van der Waals surface area contributed by atoms with Crippen molar-refractivity contribution >= 4 is 28.7 Å². The molecule has 0 saturated carbocycles. The summed E-state index contributed by atoms with van der Waals surface area (Å²) in [6.45, 7) is 6.18. The van der Waals surface area contributed by atoms with Crippen molar-refractivity contribution in [2.24, 2.45) is 0 Å². The number of nitrogens with one attached hydrogen (secondary N) is 2. The zero-order valence-corrected chi connectivity index (χ0v) is 10.2. The summed E-state index contributed by atoms with van der Waals surface area (Å²) in [5.41, 5.74) is 1.56. The van der Waals surface area contributed by atoms with Crippen molar-refractivity contribution in [3.8, 4) is 0 Å². The van der Waals surface area contributed by atoms with Crippen LogP contribution in [-0.4, -0.2) is 16.6 Å². The first-order chi connectivity index (χ1) is 7.99. The van der Waals surface area contributed by atoms with Crippen molar-refractivity contribution < 1.29 is 4.92 Å². The van der Waals surface area contributed by atoms with Crippen LogP contribution in [-0.2, 0) is 0 Å². The average Bonchev–Trinajstić information content (AvgIpc) is 2.26. The van der Waals surface area contributed by atoms with Crippen LogP contribution in [0.1, 0.15) is 6.92 Å². The Bertz CT molecular complexity index is 460. The first kappa shape index (κ1) is 13.1. The molecule has 1 aromatic carbocycles. The molecule has 0 heterocycles. The maximum atomic E-state index is 10.6. The Hall–Kier alpha value is -1.95. The lowest BCUT2D eigenvalue weighted by molar-refractivity contribution is -0.384. The Labute approximate surface area is 105 Å². The van der Waals surface area contributed by atoms with E-state index >= 15 is 0 Å². The normalized spacial score (nSPS) is 9.47. The van der Waals surface area contributed by atoms with Gasteiger partial charge in [-0.15, -0.1) is 0 Å². The molecule has 0 spiro atoms. The van der Waals surface area contributed by atoms with Gasteiger partial charge in [-0.05, 0) is 25.2 Å². The number of hydrogen-bond donors (Lipinski definition) is 2. The standard InChI is InChI=1S/C11H13N3O2S/c1-8(2)7-12-11(17)13-9-4-3-5-10(6-9)14(15)16/h3-6H,1,7H2,2H3,(H2,12,13,17). The summed E-state index contributed by atoms with van der Waals surface area (Å²) in [5.74, 6) is 0. The minimum absolute atomic E-state index is 0.0256. The second-order valence-electron chi connectivity index (χ2n) is 3.57. The number of anilines is 1.